The number of anilines is 1. The minimum Gasteiger partial charge on any atom is -0.493 e. The SMILES string of the molecule is COc1ccc(CC(=O)N2CC[C@@H](c3cc(=O)[nH]c(N(C)C)n3)C2)cc1OC. The molecule has 1 N–H and O–H groups in total. The molecule has 8 nitrogen and oxygen atoms in total. The summed E-state index contributed by atoms with van der Waals surface area (Å²) in [6, 6.07) is 7.03. The molecule has 0 bridgehead atoms. The van der Waals surface area contributed by atoms with Crippen LogP contribution in [0.1, 0.15) is 23.6 Å². The fourth-order valence-corrected chi connectivity index (χ4v) is 3.39. The first-order valence-electron chi connectivity index (χ1n) is 9.18. The number of hydrogen-bond acceptors (Lipinski definition) is 6. The van der Waals surface area contributed by atoms with E-state index in [1.165, 1.54) is 6.07 Å². The van der Waals surface area contributed by atoms with E-state index in [-0.39, 0.29) is 17.4 Å². The lowest BCUT2D eigenvalue weighted by Gasteiger charge is -2.18. The minimum absolute atomic E-state index is 0.0485. The second-order valence-corrected chi connectivity index (χ2v) is 7.08. The van der Waals surface area contributed by atoms with Crippen LogP contribution in [0, 0.1) is 0 Å². The zero-order chi connectivity index (χ0) is 20.3. The summed E-state index contributed by atoms with van der Waals surface area (Å²) in [5.74, 6) is 1.88. The maximum absolute atomic E-state index is 12.7. The lowest BCUT2D eigenvalue weighted by molar-refractivity contribution is -0.129. The molecule has 1 aliphatic heterocycles. The summed E-state index contributed by atoms with van der Waals surface area (Å²) >= 11 is 0. The van der Waals surface area contributed by atoms with Gasteiger partial charge in [0.05, 0.1) is 26.3 Å². The largest absolute Gasteiger partial charge is 0.493 e. The number of aromatic amines is 1. The molecule has 1 fully saturated rings. The molecule has 0 spiro atoms. The lowest BCUT2D eigenvalue weighted by Crippen LogP contribution is -2.30. The van der Waals surface area contributed by atoms with Crippen LogP contribution in [0.15, 0.2) is 29.1 Å². The van der Waals surface area contributed by atoms with Crippen LogP contribution in [0.4, 0.5) is 5.95 Å². The Morgan fingerprint density at radius 3 is 2.68 bits per heavy atom. The molecule has 28 heavy (non-hydrogen) atoms. The van der Waals surface area contributed by atoms with Gasteiger partial charge in [0.15, 0.2) is 11.5 Å². The van der Waals surface area contributed by atoms with Crippen LogP contribution in [0.3, 0.4) is 0 Å². The Balaban J connectivity index is 1.69. The number of ether oxygens (including phenoxy) is 2. The van der Waals surface area contributed by atoms with Gasteiger partial charge in [-0.3, -0.25) is 14.6 Å². The van der Waals surface area contributed by atoms with Gasteiger partial charge in [-0.1, -0.05) is 6.07 Å². The molecule has 8 heteroatoms. The van der Waals surface area contributed by atoms with E-state index in [1.54, 1.807) is 25.2 Å². The van der Waals surface area contributed by atoms with Crippen molar-refractivity contribution < 1.29 is 14.3 Å². The number of carbonyl (C=O) groups is 1. The van der Waals surface area contributed by atoms with Gasteiger partial charge in [-0.2, -0.15) is 0 Å². The molecule has 1 aromatic heterocycles. The second kappa shape index (κ2) is 8.33. The quantitative estimate of drug-likeness (QED) is 0.808. The number of nitrogens with one attached hydrogen (secondary N) is 1. The van der Waals surface area contributed by atoms with Crippen molar-refractivity contribution >= 4 is 11.9 Å². The standard InChI is InChI=1S/C20H26N4O4/c1-23(2)20-21-15(11-18(25)22-20)14-7-8-24(12-14)19(26)10-13-5-6-16(27-3)17(9-13)28-4/h5-6,9,11,14H,7-8,10,12H2,1-4H3,(H,21,22,25)/t14-/m1/s1. The summed E-state index contributed by atoms with van der Waals surface area (Å²) in [6.45, 7) is 1.22. The maximum Gasteiger partial charge on any atom is 0.252 e. The third-order valence-corrected chi connectivity index (χ3v) is 4.94. The number of methoxy groups -OCH3 is 2. The Labute approximate surface area is 164 Å². The van der Waals surface area contributed by atoms with Gasteiger partial charge in [0, 0.05) is 39.2 Å². The number of likely N-dealkylation sites (tertiary alicyclic amines) is 1. The molecule has 2 heterocycles. The molecule has 0 radical (unpaired) electrons. The number of H-pyrrole nitrogens is 1. The maximum atomic E-state index is 12.7. The fraction of sp³-hybridized carbons (Fsp3) is 0.450. The van der Waals surface area contributed by atoms with Crippen LogP contribution in [0.5, 0.6) is 11.5 Å². The molecule has 1 aromatic carbocycles. The summed E-state index contributed by atoms with van der Waals surface area (Å²) in [7, 11) is 6.81. The van der Waals surface area contributed by atoms with Crippen LogP contribution in [0.25, 0.3) is 0 Å². The van der Waals surface area contributed by atoms with Gasteiger partial charge in [0.2, 0.25) is 11.9 Å². The number of amides is 1. The summed E-state index contributed by atoms with van der Waals surface area (Å²) in [6.07, 6.45) is 1.08. The second-order valence-electron chi connectivity index (χ2n) is 7.08. The van der Waals surface area contributed by atoms with E-state index in [1.807, 2.05) is 31.1 Å². The predicted octanol–water partition coefficient (Wildman–Crippen LogP) is 1.41. The first kappa shape index (κ1) is 19.7. The summed E-state index contributed by atoms with van der Waals surface area (Å²) in [4.78, 5) is 35.5. The number of hydrogen-bond donors (Lipinski definition) is 1. The fourth-order valence-electron chi connectivity index (χ4n) is 3.39. The Morgan fingerprint density at radius 2 is 2.00 bits per heavy atom. The van der Waals surface area contributed by atoms with Crippen molar-refractivity contribution in [1.82, 2.24) is 14.9 Å². The first-order chi connectivity index (χ1) is 13.4. The molecule has 0 unspecified atom stereocenters. The zero-order valence-corrected chi connectivity index (χ0v) is 16.7. The Kier molecular flexibility index (Phi) is 5.87. The van der Waals surface area contributed by atoms with Gasteiger partial charge < -0.3 is 19.3 Å². The molecule has 0 saturated carbocycles. The molecule has 150 valence electrons. The van der Waals surface area contributed by atoms with Gasteiger partial charge in [-0.25, -0.2) is 4.98 Å². The van der Waals surface area contributed by atoms with Crippen molar-refractivity contribution in [2.24, 2.45) is 0 Å². The molecule has 1 saturated heterocycles. The lowest BCUT2D eigenvalue weighted by atomic mass is 10.0. The van der Waals surface area contributed by atoms with Gasteiger partial charge >= 0.3 is 0 Å². The molecule has 3 rings (SSSR count). The molecule has 1 amide bonds. The normalized spacial score (nSPS) is 16.1. The van der Waals surface area contributed by atoms with Gasteiger partial charge in [-0.05, 0) is 24.1 Å². The number of rotatable bonds is 6. The summed E-state index contributed by atoms with van der Waals surface area (Å²) in [5.41, 5.74) is 1.42. The summed E-state index contributed by atoms with van der Waals surface area (Å²) in [5, 5.41) is 0. The zero-order valence-electron chi connectivity index (χ0n) is 16.7. The highest BCUT2D eigenvalue weighted by atomic mass is 16.5. The van der Waals surface area contributed by atoms with E-state index in [0.29, 0.717) is 37.0 Å². The molecular formula is C20H26N4O4. The molecule has 1 aliphatic rings. The van der Waals surface area contributed by atoms with Crippen LogP contribution in [-0.4, -0.2) is 62.2 Å². The van der Waals surface area contributed by atoms with Crippen molar-refractivity contribution in [2.75, 3.05) is 46.3 Å². The molecule has 0 aliphatic carbocycles. The Morgan fingerprint density at radius 1 is 1.25 bits per heavy atom. The van der Waals surface area contributed by atoms with Crippen molar-refractivity contribution in [3.8, 4) is 11.5 Å². The van der Waals surface area contributed by atoms with Crippen LogP contribution < -0.4 is 19.9 Å². The highest BCUT2D eigenvalue weighted by molar-refractivity contribution is 5.79. The van der Waals surface area contributed by atoms with Gasteiger partial charge in [-0.15, -0.1) is 0 Å². The van der Waals surface area contributed by atoms with E-state index >= 15 is 0 Å². The Hall–Kier alpha value is -3.03. The predicted molar refractivity (Wildman–Crippen MR) is 106 cm³/mol. The average Bonchev–Trinajstić information content (AvgIpc) is 3.17. The third-order valence-electron chi connectivity index (χ3n) is 4.94. The highest BCUT2D eigenvalue weighted by Gasteiger charge is 2.29. The average molecular weight is 386 g/mol. The minimum atomic E-state index is -0.177. The smallest absolute Gasteiger partial charge is 0.252 e. The molecule has 1 atom stereocenters. The monoisotopic (exact) mass is 386 g/mol. The van der Waals surface area contributed by atoms with Crippen molar-refractivity contribution in [1.29, 1.82) is 0 Å². The summed E-state index contributed by atoms with van der Waals surface area (Å²) < 4.78 is 10.5. The molecular weight excluding hydrogens is 360 g/mol. The van der Waals surface area contributed by atoms with Crippen LogP contribution in [-0.2, 0) is 11.2 Å². The third kappa shape index (κ3) is 4.27. The van der Waals surface area contributed by atoms with Gasteiger partial charge in [0.1, 0.15) is 0 Å². The number of benzene rings is 1. The van der Waals surface area contributed by atoms with Crippen molar-refractivity contribution in [2.45, 2.75) is 18.8 Å². The van der Waals surface area contributed by atoms with Gasteiger partial charge in [0.25, 0.3) is 5.56 Å². The first-order valence-corrected chi connectivity index (χ1v) is 9.18. The van der Waals surface area contributed by atoms with Crippen LogP contribution >= 0.6 is 0 Å². The van der Waals surface area contributed by atoms with Crippen LogP contribution in [0.2, 0.25) is 0 Å². The van der Waals surface area contributed by atoms with E-state index in [4.69, 9.17) is 9.47 Å². The van der Waals surface area contributed by atoms with E-state index in [0.717, 1.165) is 17.7 Å². The number of aromatic nitrogens is 2. The van der Waals surface area contributed by atoms with E-state index in [2.05, 4.69) is 9.97 Å². The number of carbonyl (C=O) groups excluding carboxylic acids is 1. The topological polar surface area (TPSA) is 87.8 Å². The van der Waals surface area contributed by atoms with E-state index < -0.39 is 0 Å². The van der Waals surface area contributed by atoms with Crippen molar-refractivity contribution in [3.05, 3.63) is 45.9 Å². The van der Waals surface area contributed by atoms with Crippen molar-refractivity contribution in [3.63, 3.8) is 0 Å². The number of nitrogens with zero attached hydrogens (tertiary/aromatic N) is 3. The molecule has 2 aromatic rings. The Bertz CT molecular complexity index is 909. The van der Waals surface area contributed by atoms with E-state index in [9.17, 15) is 9.59 Å². The highest BCUT2D eigenvalue weighted by Crippen LogP contribution is 2.29.